The van der Waals surface area contributed by atoms with Crippen molar-refractivity contribution in [2.24, 2.45) is 5.92 Å². The second-order valence-electron chi connectivity index (χ2n) is 7.98. The van der Waals surface area contributed by atoms with Crippen LogP contribution >= 0.6 is 22.9 Å². The number of anilines is 1. The highest BCUT2D eigenvalue weighted by atomic mass is 35.5. The Morgan fingerprint density at radius 1 is 1.21 bits per heavy atom. The number of halogens is 1. The summed E-state index contributed by atoms with van der Waals surface area (Å²) in [6, 6.07) is 7.74. The molecule has 154 valence electrons. The Balaban J connectivity index is 1.53. The summed E-state index contributed by atoms with van der Waals surface area (Å²) in [6.07, 6.45) is 6.50. The summed E-state index contributed by atoms with van der Waals surface area (Å²) in [7, 11) is 0. The van der Waals surface area contributed by atoms with Gasteiger partial charge in [-0.25, -0.2) is 0 Å². The van der Waals surface area contributed by atoms with Gasteiger partial charge in [0.15, 0.2) is 0 Å². The molecule has 6 nitrogen and oxygen atoms in total. The van der Waals surface area contributed by atoms with Crippen molar-refractivity contribution < 1.29 is 9.59 Å². The standard InChI is InChI=1S/C21H25ClN4O2S/c22-17-8-4-7-16(12-17)21(9-2-1-3-10-21)19(28)26-11-5-6-15(13-26)18(27)24-20-25-23-14-29-20/h4,7-8,12,14-15H,1-3,5-6,9-11,13H2,(H,24,25,27). The van der Waals surface area contributed by atoms with E-state index in [9.17, 15) is 9.59 Å². The third kappa shape index (κ3) is 4.31. The number of aromatic nitrogens is 2. The first-order valence-corrected chi connectivity index (χ1v) is 11.5. The molecule has 1 aliphatic heterocycles. The number of likely N-dealkylation sites (tertiary alicyclic amines) is 1. The number of amides is 2. The monoisotopic (exact) mass is 432 g/mol. The van der Waals surface area contributed by atoms with E-state index in [0.29, 0.717) is 23.2 Å². The van der Waals surface area contributed by atoms with Crippen LogP contribution in [0, 0.1) is 5.92 Å². The molecule has 1 aliphatic carbocycles. The van der Waals surface area contributed by atoms with Crippen molar-refractivity contribution in [2.75, 3.05) is 18.4 Å². The minimum Gasteiger partial charge on any atom is -0.341 e. The summed E-state index contributed by atoms with van der Waals surface area (Å²) in [5.41, 5.74) is 2.07. The molecule has 1 aromatic heterocycles. The van der Waals surface area contributed by atoms with Crippen molar-refractivity contribution in [3.63, 3.8) is 0 Å². The quantitative estimate of drug-likeness (QED) is 0.782. The van der Waals surface area contributed by atoms with Crippen molar-refractivity contribution in [3.05, 3.63) is 40.4 Å². The predicted molar refractivity (Wildman–Crippen MR) is 114 cm³/mol. The van der Waals surface area contributed by atoms with E-state index in [4.69, 9.17) is 11.6 Å². The van der Waals surface area contributed by atoms with Crippen LogP contribution in [-0.4, -0.2) is 40.0 Å². The van der Waals surface area contributed by atoms with Gasteiger partial charge in [0.2, 0.25) is 16.9 Å². The fourth-order valence-electron chi connectivity index (χ4n) is 4.68. The molecule has 1 aromatic carbocycles. The van der Waals surface area contributed by atoms with E-state index < -0.39 is 5.41 Å². The molecule has 2 fully saturated rings. The van der Waals surface area contributed by atoms with Gasteiger partial charge in [-0.2, -0.15) is 0 Å². The van der Waals surface area contributed by atoms with E-state index in [1.165, 1.54) is 11.3 Å². The van der Waals surface area contributed by atoms with Crippen molar-refractivity contribution in [3.8, 4) is 0 Å². The van der Waals surface area contributed by atoms with E-state index in [2.05, 4.69) is 15.5 Å². The van der Waals surface area contributed by atoms with Crippen LogP contribution in [0.5, 0.6) is 0 Å². The number of carbonyl (C=O) groups is 2. The van der Waals surface area contributed by atoms with Crippen LogP contribution in [0.15, 0.2) is 29.8 Å². The molecule has 1 N–H and O–H groups in total. The molecule has 1 saturated heterocycles. The Bertz CT molecular complexity index is 867. The number of nitrogens with one attached hydrogen (secondary N) is 1. The van der Waals surface area contributed by atoms with Crippen LogP contribution < -0.4 is 5.32 Å². The Labute approximate surface area is 179 Å². The van der Waals surface area contributed by atoms with Crippen LogP contribution in [0.3, 0.4) is 0 Å². The number of piperidine rings is 1. The lowest BCUT2D eigenvalue weighted by molar-refractivity contribution is -0.141. The molecule has 29 heavy (non-hydrogen) atoms. The molecule has 1 saturated carbocycles. The Hall–Kier alpha value is -1.99. The van der Waals surface area contributed by atoms with Gasteiger partial charge in [-0.05, 0) is 43.4 Å². The topological polar surface area (TPSA) is 75.2 Å². The highest BCUT2D eigenvalue weighted by molar-refractivity contribution is 7.13. The largest absolute Gasteiger partial charge is 0.341 e. The normalized spacial score (nSPS) is 21.6. The number of benzene rings is 1. The molecule has 0 spiro atoms. The highest BCUT2D eigenvalue weighted by Gasteiger charge is 2.45. The third-order valence-electron chi connectivity index (χ3n) is 6.16. The zero-order chi connectivity index (χ0) is 20.3. The SMILES string of the molecule is O=C(Nc1nncs1)C1CCCN(C(=O)C2(c3cccc(Cl)c3)CCCCC2)C1. The van der Waals surface area contributed by atoms with E-state index in [0.717, 1.165) is 50.5 Å². The molecular weight excluding hydrogens is 408 g/mol. The van der Waals surface area contributed by atoms with Crippen molar-refractivity contribution >= 4 is 39.9 Å². The van der Waals surface area contributed by atoms with Crippen molar-refractivity contribution in [1.82, 2.24) is 15.1 Å². The van der Waals surface area contributed by atoms with Gasteiger partial charge >= 0.3 is 0 Å². The predicted octanol–water partition coefficient (Wildman–Crippen LogP) is 4.27. The molecule has 0 radical (unpaired) electrons. The molecule has 2 aliphatic rings. The summed E-state index contributed by atoms with van der Waals surface area (Å²) in [5, 5.41) is 11.6. The van der Waals surface area contributed by atoms with Crippen LogP contribution in [0.4, 0.5) is 5.13 Å². The molecule has 0 bridgehead atoms. The average Bonchev–Trinajstić information content (AvgIpc) is 3.27. The number of hydrogen-bond acceptors (Lipinski definition) is 5. The van der Waals surface area contributed by atoms with Crippen LogP contribution in [-0.2, 0) is 15.0 Å². The van der Waals surface area contributed by atoms with Crippen LogP contribution in [0.25, 0.3) is 0 Å². The third-order valence-corrected chi connectivity index (χ3v) is 7.01. The second-order valence-corrected chi connectivity index (χ2v) is 9.25. The Morgan fingerprint density at radius 3 is 2.76 bits per heavy atom. The maximum Gasteiger partial charge on any atom is 0.233 e. The van der Waals surface area contributed by atoms with Gasteiger partial charge in [-0.1, -0.05) is 54.3 Å². The molecule has 2 aromatic rings. The second kappa shape index (κ2) is 8.79. The highest BCUT2D eigenvalue weighted by Crippen LogP contribution is 2.42. The van der Waals surface area contributed by atoms with Crippen LogP contribution in [0.2, 0.25) is 5.02 Å². The fraction of sp³-hybridized carbons (Fsp3) is 0.524. The molecule has 2 heterocycles. The van der Waals surface area contributed by atoms with Gasteiger partial charge in [-0.15, -0.1) is 10.2 Å². The average molecular weight is 433 g/mol. The summed E-state index contributed by atoms with van der Waals surface area (Å²) < 4.78 is 0. The lowest BCUT2D eigenvalue weighted by Gasteiger charge is -2.42. The Kier molecular flexibility index (Phi) is 6.15. The molecule has 1 unspecified atom stereocenters. The smallest absolute Gasteiger partial charge is 0.233 e. The van der Waals surface area contributed by atoms with Crippen molar-refractivity contribution in [2.45, 2.75) is 50.4 Å². The molecule has 1 atom stereocenters. The minimum absolute atomic E-state index is 0.0836. The summed E-state index contributed by atoms with van der Waals surface area (Å²) in [5.74, 6) is -0.163. The summed E-state index contributed by atoms with van der Waals surface area (Å²) >= 11 is 7.56. The van der Waals surface area contributed by atoms with Crippen LogP contribution in [0.1, 0.15) is 50.5 Å². The van der Waals surface area contributed by atoms with E-state index in [1.807, 2.05) is 29.2 Å². The zero-order valence-corrected chi connectivity index (χ0v) is 17.8. The van der Waals surface area contributed by atoms with E-state index in [-0.39, 0.29) is 17.7 Å². The Morgan fingerprint density at radius 2 is 2.03 bits per heavy atom. The summed E-state index contributed by atoms with van der Waals surface area (Å²) in [4.78, 5) is 28.4. The first-order valence-electron chi connectivity index (χ1n) is 10.2. The fourth-order valence-corrected chi connectivity index (χ4v) is 5.32. The summed E-state index contributed by atoms with van der Waals surface area (Å²) in [6.45, 7) is 1.15. The number of rotatable bonds is 4. The van der Waals surface area contributed by atoms with E-state index >= 15 is 0 Å². The molecular formula is C21H25ClN4O2S. The lowest BCUT2D eigenvalue weighted by atomic mass is 9.68. The van der Waals surface area contributed by atoms with Gasteiger partial charge in [0.05, 0.1) is 11.3 Å². The maximum absolute atomic E-state index is 13.8. The number of carbonyl (C=O) groups excluding carboxylic acids is 2. The number of hydrogen-bond donors (Lipinski definition) is 1. The first-order chi connectivity index (χ1) is 14.1. The number of nitrogens with zero attached hydrogens (tertiary/aromatic N) is 3. The molecule has 2 amide bonds. The maximum atomic E-state index is 13.8. The van der Waals surface area contributed by atoms with Crippen molar-refractivity contribution in [1.29, 1.82) is 0 Å². The first kappa shape index (κ1) is 20.3. The van der Waals surface area contributed by atoms with Gasteiger partial charge in [0.25, 0.3) is 0 Å². The zero-order valence-electron chi connectivity index (χ0n) is 16.3. The van der Waals surface area contributed by atoms with Gasteiger partial charge in [0.1, 0.15) is 5.51 Å². The van der Waals surface area contributed by atoms with E-state index in [1.54, 1.807) is 5.51 Å². The molecule has 4 rings (SSSR count). The molecule has 8 heteroatoms. The van der Waals surface area contributed by atoms with Gasteiger partial charge < -0.3 is 10.2 Å². The lowest BCUT2D eigenvalue weighted by Crippen LogP contribution is -2.52. The minimum atomic E-state index is -0.527. The van der Waals surface area contributed by atoms with Gasteiger partial charge in [-0.3, -0.25) is 9.59 Å². The van der Waals surface area contributed by atoms with Gasteiger partial charge in [0, 0.05) is 18.1 Å².